The molecular formula is C27H22F3N3O4S. The van der Waals surface area contributed by atoms with Crippen molar-refractivity contribution in [3.05, 3.63) is 88.4 Å². The molecule has 0 saturated carbocycles. The van der Waals surface area contributed by atoms with Gasteiger partial charge in [-0.25, -0.2) is 9.59 Å². The van der Waals surface area contributed by atoms with Gasteiger partial charge in [-0.05, 0) is 40.5 Å². The number of alkyl halides is 3. The monoisotopic (exact) mass is 541 g/mol. The van der Waals surface area contributed by atoms with Crippen molar-refractivity contribution in [2.75, 3.05) is 6.61 Å². The van der Waals surface area contributed by atoms with Crippen LogP contribution in [-0.4, -0.2) is 39.6 Å². The Balaban J connectivity index is 1.24. The molecule has 1 atom stereocenters. The third kappa shape index (κ3) is 5.01. The number of aromatic nitrogens is 2. The fourth-order valence-electron chi connectivity index (χ4n) is 4.65. The van der Waals surface area contributed by atoms with Crippen molar-refractivity contribution in [1.29, 1.82) is 0 Å². The number of hydrogen-bond donors (Lipinski definition) is 2. The SMILES string of the molecule is Cn1nc(C(F)(F)F)cc1-c1ccc(CC(NC(=O)OCC2c3ccccc3-c3ccccc32)C(=O)O)s1. The summed E-state index contributed by atoms with van der Waals surface area (Å²) in [6.07, 6.45) is -5.50. The van der Waals surface area contributed by atoms with E-state index in [1.165, 1.54) is 7.05 Å². The van der Waals surface area contributed by atoms with E-state index in [1.807, 2.05) is 48.5 Å². The lowest BCUT2D eigenvalue weighted by molar-refractivity contribution is -0.141. The molecule has 5 rings (SSSR count). The topological polar surface area (TPSA) is 93.5 Å². The molecule has 2 heterocycles. The molecule has 1 aliphatic rings. The van der Waals surface area contributed by atoms with Crippen molar-refractivity contribution in [3.63, 3.8) is 0 Å². The van der Waals surface area contributed by atoms with Crippen LogP contribution in [-0.2, 0) is 29.2 Å². The van der Waals surface area contributed by atoms with Gasteiger partial charge in [-0.3, -0.25) is 4.68 Å². The van der Waals surface area contributed by atoms with Crippen LogP contribution < -0.4 is 5.32 Å². The van der Waals surface area contributed by atoms with Crippen molar-refractivity contribution in [2.24, 2.45) is 7.05 Å². The molecular weight excluding hydrogens is 519 g/mol. The second-order valence-corrected chi connectivity index (χ2v) is 10.0. The third-order valence-electron chi connectivity index (χ3n) is 6.42. The van der Waals surface area contributed by atoms with E-state index in [9.17, 15) is 27.9 Å². The van der Waals surface area contributed by atoms with Gasteiger partial charge in [0, 0.05) is 24.3 Å². The molecule has 7 nitrogen and oxygen atoms in total. The Morgan fingerprint density at radius 1 is 1.08 bits per heavy atom. The quantitative estimate of drug-likeness (QED) is 0.313. The fraction of sp³-hybridized carbons (Fsp3) is 0.222. The number of benzene rings is 2. The van der Waals surface area contributed by atoms with Gasteiger partial charge in [0.05, 0.1) is 10.6 Å². The van der Waals surface area contributed by atoms with Gasteiger partial charge >= 0.3 is 18.2 Å². The lowest BCUT2D eigenvalue weighted by Gasteiger charge is -2.17. The van der Waals surface area contributed by atoms with Crippen molar-refractivity contribution in [3.8, 4) is 21.7 Å². The van der Waals surface area contributed by atoms with Gasteiger partial charge in [0.15, 0.2) is 5.69 Å². The first-order valence-electron chi connectivity index (χ1n) is 11.7. The van der Waals surface area contributed by atoms with E-state index in [1.54, 1.807) is 12.1 Å². The van der Waals surface area contributed by atoms with Crippen LogP contribution in [0.15, 0.2) is 66.7 Å². The molecule has 38 heavy (non-hydrogen) atoms. The van der Waals surface area contributed by atoms with Gasteiger partial charge in [0.2, 0.25) is 0 Å². The predicted octanol–water partition coefficient (Wildman–Crippen LogP) is 5.70. The average Bonchev–Trinajstić information content (AvgIpc) is 3.58. The number of hydrogen-bond acceptors (Lipinski definition) is 5. The predicted molar refractivity (Wildman–Crippen MR) is 135 cm³/mol. The number of fused-ring (bicyclic) bond motifs is 3. The molecule has 2 aromatic carbocycles. The Morgan fingerprint density at radius 2 is 1.71 bits per heavy atom. The summed E-state index contributed by atoms with van der Waals surface area (Å²) in [6.45, 7) is 0.0391. The van der Waals surface area contributed by atoms with Gasteiger partial charge in [-0.15, -0.1) is 11.3 Å². The van der Waals surface area contributed by atoms with Crippen LogP contribution in [0.1, 0.15) is 27.6 Å². The normalized spacial score (nSPS) is 13.6. The number of amides is 1. The Bertz CT molecular complexity index is 1470. The smallest absolute Gasteiger partial charge is 0.435 e. The van der Waals surface area contributed by atoms with Crippen molar-refractivity contribution < 1.29 is 32.6 Å². The van der Waals surface area contributed by atoms with E-state index in [0.29, 0.717) is 9.75 Å². The van der Waals surface area contributed by atoms with Crippen LogP contribution >= 0.6 is 11.3 Å². The summed E-state index contributed by atoms with van der Waals surface area (Å²) in [5, 5.41) is 15.6. The van der Waals surface area contributed by atoms with Crippen LogP contribution in [0.5, 0.6) is 0 Å². The van der Waals surface area contributed by atoms with Crippen LogP contribution in [0.3, 0.4) is 0 Å². The standard InChI is InChI=1S/C27H22F3N3O4S/c1-33-22(13-24(32-33)27(28,29)30)23-11-10-15(38-23)12-21(25(34)35)31-26(36)37-14-20-18-8-4-2-6-16(18)17-7-3-5-9-19(17)20/h2-11,13,20-21H,12,14H2,1H3,(H,31,36)(H,34,35). The summed E-state index contributed by atoms with van der Waals surface area (Å²) in [4.78, 5) is 25.5. The van der Waals surface area contributed by atoms with E-state index in [0.717, 1.165) is 44.3 Å². The van der Waals surface area contributed by atoms with E-state index in [2.05, 4.69) is 10.4 Å². The zero-order valence-corrected chi connectivity index (χ0v) is 20.8. The summed E-state index contributed by atoms with van der Waals surface area (Å²) < 4.78 is 45.6. The first-order chi connectivity index (χ1) is 18.1. The molecule has 2 N–H and O–H groups in total. The van der Waals surface area contributed by atoms with Crippen molar-refractivity contribution in [2.45, 2.75) is 24.6 Å². The molecule has 196 valence electrons. The summed E-state index contributed by atoms with van der Waals surface area (Å²) in [6, 6.07) is 18.6. The van der Waals surface area contributed by atoms with Gasteiger partial charge in [0.25, 0.3) is 0 Å². The van der Waals surface area contributed by atoms with E-state index in [-0.39, 0.29) is 24.6 Å². The summed E-state index contributed by atoms with van der Waals surface area (Å²) >= 11 is 1.13. The average molecular weight is 542 g/mol. The van der Waals surface area contributed by atoms with Gasteiger partial charge in [-0.2, -0.15) is 18.3 Å². The minimum Gasteiger partial charge on any atom is -0.480 e. The first kappa shape index (κ1) is 25.5. The Labute approximate surface area is 219 Å². The first-order valence-corrected chi connectivity index (χ1v) is 12.5. The number of thiophene rings is 1. The van der Waals surface area contributed by atoms with E-state index >= 15 is 0 Å². The lowest BCUT2D eigenvalue weighted by Crippen LogP contribution is -2.42. The highest BCUT2D eigenvalue weighted by molar-refractivity contribution is 7.15. The number of carbonyl (C=O) groups is 2. The number of rotatable bonds is 7. The van der Waals surface area contributed by atoms with E-state index in [4.69, 9.17) is 4.74 Å². The van der Waals surface area contributed by atoms with Gasteiger partial charge in [0.1, 0.15) is 12.6 Å². The molecule has 4 aromatic rings. The second-order valence-electron chi connectivity index (χ2n) is 8.87. The molecule has 0 bridgehead atoms. The molecule has 11 heteroatoms. The highest BCUT2D eigenvalue weighted by Gasteiger charge is 2.35. The second kappa shape index (κ2) is 9.97. The van der Waals surface area contributed by atoms with Gasteiger partial charge in [-0.1, -0.05) is 48.5 Å². The minimum atomic E-state index is -4.57. The molecule has 0 spiro atoms. The molecule has 0 saturated heterocycles. The fourth-order valence-corrected chi connectivity index (χ4v) is 5.75. The number of ether oxygens (including phenoxy) is 1. The summed E-state index contributed by atoms with van der Waals surface area (Å²) in [7, 11) is 1.41. The minimum absolute atomic E-state index is 0.0391. The number of carbonyl (C=O) groups excluding carboxylic acids is 1. The Morgan fingerprint density at radius 3 is 2.29 bits per heavy atom. The maximum absolute atomic E-state index is 13.0. The number of aryl methyl sites for hydroxylation is 1. The van der Waals surface area contributed by atoms with Gasteiger partial charge < -0.3 is 15.2 Å². The maximum atomic E-state index is 13.0. The lowest BCUT2D eigenvalue weighted by atomic mass is 9.98. The van der Waals surface area contributed by atoms with Crippen LogP contribution in [0.4, 0.5) is 18.0 Å². The number of halogens is 3. The Hall–Kier alpha value is -4.12. The largest absolute Gasteiger partial charge is 0.480 e. The molecule has 2 aromatic heterocycles. The number of nitrogens with zero attached hydrogens (tertiary/aromatic N) is 2. The van der Waals surface area contributed by atoms with Crippen LogP contribution in [0.2, 0.25) is 0 Å². The molecule has 0 aliphatic heterocycles. The zero-order valence-electron chi connectivity index (χ0n) is 20.0. The number of nitrogens with one attached hydrogen (secondary N) is 1. The number of alkyl carbamates (subject to hydrolysis) is 1. The van der Waals surface area contributed by atoms with Crippen LogP contribution in [0.25, 0.3) is 21.7 Å². The molecule has 1 unspecified atom stereocenters. The zero-order chi connectivity index (χ0) is 27.0. The van der Waals surface area contributed by atoms with E-state index < -0.39 is 30.0 Å². The van der Waals surface area contributed by atoms with Crippen molar-refractivity contribution >= 4 is 23.4 Å². The molecule has 0 fully saturated rings. The summed E-state index contributed by atoms with van der Waals surface area (Å²) in [5.41, 5.74) is 3.46. The maximum Gasteiger partial charge on any atom is 0.435 e. The highest BCUT2D eigenvalue weighted by Crippen LogP contribution is 2.44. The van der Waals surface area contributed by atoms with Crippen LogP contribution in [0, 0.1) is 0 Å². The molecule has 0 radical (unpaired) electrons. The molecule has 1 amide bonds. The third-order valence-corrected chi connectivity index (χ3v) is 7.55. The van der Waals surface area contributed by atoms with Crippen molar-refractivity contribution in [1.82, 2.24) is 15.1 Å². The Kier molecular flexibility index (Phi) is 6.70. The number of carboxylic acids is 1. The molecule has 1 aliphatic carbocycles. The summed E-state index contributed by atoms with van der Waals surface area (Å²) in [5.74, 6) is -1.43. The number of aliphatic carboxylic acids is 1. The highest BCUT2D eigenvalue weighted by atomic mass is 32.1. The number of carboxylic acid groups (broad SMARTS) is 1.